The van der Waals surface area contributed by atoms with Gasteiger partial charge in [-0.2, -0.15) is 4.98 Å². The number of nitrogens with zero attached hydrogens (tertiary/aromatic N) is 3. The molecule has 0 bridgehead atoms. The number of hydrogen-bond acceptors (Lipinski definition) is 6. The highest BCUT2D eigenvalue weighted by atomic mass is 16.5. The first-order valence-corrected chi connectivity index (χ1v) is 5.70. The minimum atomic E-state index is -0.429. The summed E-state index contributed by atoms with van der Waals surface area (Å²) in [4.78, 5) is 15.5. The smallest absolute Gasteiger partial charge is 0.341 e. The van der Waals surface area contributed by atoms with Crippen molar-refractivity contribution in [1.82, 2.24) is 14.8 Å². The number of aryl methyl sites for hydroxylation is 1. The topological polar surface area (TPSA) is 92.3 Å². The predicted molar refractivity (Wildman–Crippen MR) is 67.9 cm³/mol. The van der Waals surface area contributed by atoms with Crippen LogP contribution in [0.2, 0.25) is 0 Å². The number of carbonyl (C=O) groups is 1. The number of benzene rings is 1. The molecule has 7 nitrogen and oxygen atoms in total. The van der Waals surface area contributed by atoms with Crippen LogP contribution in [0.5, 0.6) is 11.8 Å². The molecule has 0 aliphatic rings. The maximum absolute atomic E-state index is 11.6. The Morgan fingerprint density at radius 3 is 2.89 bits per heavy atom. The molecular weight excluding hydrogens is 248 g/mol. The lowest BCUT2D eigenvalue weighted by Gasteiger charge is -2.07. The van der Waals surface area contributed by atoms with Gasteiger partial charge in [0.1, 0.15) is 6.33 Å². The molecule has 0 radical (unpaired) electrons. The molecule has 0 saturated heterocycles. The minimum Gasteiger partial charge on any atom is -0.462 e. The third-order valence-electron chi connectivity index (χ3n) is 2.30. The Balaban J connectivity index is 2.24. The second kappa shape index (κ2) is 5.38. The van der Waals surface area contributed by atoms with Gasteiger partial charge in [0.15, 0.2) is 5.75 Å². The van der Waals surface area contributed by atoms with Gasteiger partial charge in [0.25, 0.3) is 0 Å². The number of aromatic nitrogens is 3. The first-order chi connectivity index (χ1) is 9.10. The van der Waals surface area contributed by atoms with Gasteiger partial charge < -0.3 is 15.2 Å². The zero-order valence-corrected chi connectivity index (χ0v) is 10.7. The number of anilines is 1. The lowest BCUT2D eigenvalue weighted by Crippen LogP contribution is -2.05. The molecule has 0 fully saturated rings. The Hall–Kier alpha value is -2.57. The van der Waals surface area contributed by atoms with E-state index < -0.39 is 5.97 Å². The third-order valence-corrected chi connectivity index (χ3v) is 2.30. The van der Waals surface area contributed by atoms with Gasteiger partial charge in [-0.15, -0.1) is 5.10 Å². The van der Waals surface area contributed by atoms with Crippen molar-refractivity contribution in [2.45, 2.75) is 6.92 Å². The van der Waals surface area contributed by atoms with Gasteiger partial charge >= 0.3 is 12.0 Å². The fourth-order valence-electron chi connectivity index (χ4n) is 1.43. The number of carbonyl (C=O) groups excluding carboxylic acids is 1. The summed E-state index contributed by atoms with van der Waals surface area (Å²) in [5, 5.41) is 3.97. The van der Waals surface area contributed by atoms with Crippen LogP contribution in [0.15, 0.2) is 24.5 Å². The maximum atomic E-state index is 11.6. The molecular formula is C12H14N4O3. The summed E-state index contributed by atoms with van der Waals surface area (Å²) in [5.74, 6) is -0.113. The van der Waals surface area contributed by atoms with Crippen molar-refractivity contribution in [3.63, 3.8) is 0 Å². The number of hydrogen-bond donors (Lipinski definition) is 1. The molecule has 2 N–H and O–H groups in total. The highest BCUT2D eigenvalue weighted by Gasteiger charge is 2.12. The van der Waals surface area contributed by atoms with E-state index in [1.165, 1.54) is 17.1 Å². The number of nitrogens with two attached hydrogens (primary N) is 1. The summed E-state index contributed by atoms with van der Waals surface area (Å²) >= 11 is 0. The summed E-state index contributed by atoms with van der Waals surface area (Å²) in [6.45, 7) is 2.05. The number of esters is 1. The number of ether oxygens (including phenoxy) is 2. The van der Waals surface area contributed by atoms with E-state index in [4.69, 9.17) is 15.2 Å². The van der Waals surface area contributed by atoms with E-state index in [9.17, 15) is 4.79 Å². The van der Waals surface area contributed by atoms with Crippen LogP contribution in [-0.2, 0) is 11.8 Å². The highest BCUT2D eigenvalue weighted by Crippen LogP contribution is 2.26. The summed E-state index contributed by atoms with van der Waals surface area (Å²) in [6, 6.07) is 4.82. The second-order valence-electron chi connectivity index (χ2n) is 3.78. The molecule has 1 aromatic heterocycles. The molecule has 1 aromatic carbocycles. The molecule has 0 aliphatic heterocycles. The Kier molecular flexibility index (Phi) is 3.65. The molecule has 7 heteroatoms. The fraction of sp³-hybridized carbons (Fsp3) is 0.250. The van der Waals surface area contributed by atoms with Gasteiger partial charge in [0, 0.05) is 7.05 Å². The van der Waals surface area contributed by atoms with E-state index in [-0.39, 0.29) is 6.01 Å². The van der Waals surface area contributed by atoms with Gasteiger partial charge in [-0.25, -0.2) is 4.79 Å². The fourth-order valence-corrected chi connectivity index (χ4v) is 1.43. The van der Waals surface area contributed by atoms with Crippen LogP contribution < -0.4 is 10.5 Å². The highest BCUT2D eigenvalue weighted by molar-refractivity contribution is 5.90. The predicted octanol–water partition coefficient (Wildman–Crippen LogP) is 1.37. The largest absolute Gasteiger partial charge is 0.462 e. The molecule has 2 aromatic rings. The first kappa shape index (κ1) is 12.9. The van der Waals surface area contributed by atoms with E-state index in [0.29, 0.717) is 23.6 Å². The van der Waals surface area contributed by atoms with E-state index in [0.717, 1.165) is 0 Å². The van der Waals surface area contributed by atoms with Crippen LogP contribution in [0.1, 0.15) is 17.3 Å². The van der Waals surface area contributed by atoms with Crippen LogP contribution in [0, 0.1) is 0 Å². The molecule has 0 atom stereocenters. The molecule has 0 saturated carbocycles. The normalized spacial score (nSPS) is 10.2. The van der Waals surface area contributed by atoms with Crippen molar-refractivity contribution in [3.8, 4) is 11.8 Å². The molecule has 0 amide bonds. The number of nitrogen functional groups attached to an aromatic ring is 1. The van der Waals surface area contributed by atoms with Gasteiger partial charge in [0.2, 0.25) is 0 Å². The quantitative estimate of drug-likeness (QED) is 0.660. The second-order valence-corrected chi connectivity index (χ2v) is 3.78. The third kappa shape index (κ3) is 3.01. The van der Waals surface area contributed by atoms with Crippen molar-refractivity contribution >= 4 is 11.7 Å². The standard InChI is InChI=1S/C12H14N4O3/c1-3-18-11(17)8-4-5-9(13)10(6-8)19-12-14-7-16(2)15-12/h4-7H,3,13H2,1-2H3. The lowest BCUT2D eigenvalue weighted by molar-refractivity contribution is 0.0526. The monoisotopic (exact) mass is 262 g/mol. The van der Waals surface area contributed by atoms with Gasteiger partial charge in [-0.1, -0.05) is 0 Å². The van der Waals surface area contributed by atoms with Gasteiger partial charge in [0.05, 0.1) is 17.9 Å². The van der Waals surface area contributed by atoms with Crippen LogP contribution >= 0.6 is 0 Å². The minimum absolute atomic E-state index is 0.162. The van der Waals surface area contributed by atoms with Crippen molar-refractivity contribution in [2.75, 3.05) is 12.3 Å². The summed E-state index contributed by atoms with van der Waals surface area (Å²) in [6.07, 6.45) is 1.50. The average molecular weight is 262 g/mol. The molecule has 100 valence electrons. The zero-order valence-electron chi connectivity index (χ0n) is 10.7. The molecule has 0 unspecified atom stereocenters. The van der Waals surface area contributed by atoms with E-state index in [1.54, 1.807) is 26.1 Å². The summed E-state index contributed by atoms with van der Waals surface area (Å²) < 4.78 is 11.8. The lowest BCUT2D eigenvalue weighted by atomic mass is 10.2. The van der Waals surface area contributed by atoms with Crippen LogP contribution in [-0.4, -0.2) is 27.3 Å². The van der Waals surface area contributed by atoms with E-state index in [2.05, 4.69) is 10.1 Å². The Morgan fingerprint density at radius 2 is 2.26 bits per heavy atom. The SMILES string of the molecule is CCOC(=O)c1ccc(N)c(Oc2ncn(C)n2)c1. The van der Waals surface area contributed by atoms with E-state index in [1.807, 2.05) is 0 Å². The molecule has 0 aliphatic carbocycles. The maximum Gasteiger partial charge on any atom is 0.341 e. The van der Waals surface area contributed by atoms with Crippen LogP contribution in [0.3, 0.4) is 0 Å². The van der Waals surface area contributed by atoms with Crippen molar-refractivity contribution in [1.29, 1.82) is 0 Å². The Morgan fingerprint density at radius 1 is 1.47 bits per heavy atom. The average Bonchev–Trinajstić information content (AvgIpc) is 2.78. The van der Waals surface area contributed by atoms with Crippen LogP contribution in [0.25, 0.3) is 0 Å². The van der Waals surface area contributed by atoms with Crippen molar-refractivity contribution in [3.05, 3.63) is 30.1 Å². The van der Waals surface area contributed by atoms with Crippen molar-refractivity contribution in [2.24, 2.45) is 7.05 Å². The molecule has 0 spiro atoms. The molecule has 2 rings (SSSR count). The molecule has 19 heavy (non-hydrogen) atoms. The Labute approximate surface area is 110 Å². The zero-order chi connectivity index (χ0) is 13.8. The van der Waals surface area contributed by atoms with Gasteiger partial charge in [-0.05, 0) is 25.1 Å². The van der Waals surface area contributed by atoms with Gasteiger partial charge in [-0.3, -0.25) is 4.68 Å². The summed E-state index contributed by atoms with van der Waals surface area (Å²) in [5.41, 5.74) is 6.53. The van der Waals surface area contributed by atoms with E-state index >= 15 is 0 Å². The number of rotatable bonds is 4. The summed E-state index contributed by atoms with van der Waals surface area (Å²) in [7, 11) is 1.72. The molecule has 1 heterocycles. The first-order valence-electron chi connectivity index (χ1n) is 5.70. The Bertz CT molecular complexity index is 594. The van der Waals surface area contributed by atoms with Crippen molar-refractivity contribution < 1.29 is 14.3 Å². The van der Waals surface area contributed by atoms with Crippen LogP contribution in [0.4, 0.5) is 5.69 Å².